The van der Waals surface area contributed by atoms with E-state index in [9.17, 15) is 19.2 Å². The van der Waals surface area contributed by atoms with Gasteiger partial charge in [-0.1, -0.05) is 66.7 Å². The van der Waals surface area contributed by atoms with E-state index in [0.29, 0.717) is 56.7 Å². The molecule has 452 valence electrons. The van der Waals surface area contributed by atoms with Gasteiger partial charge in [-0.05, 0) is 141 Å². The number of carbonyl (C=O) groups is 2. The predicted octanol–water partition coefficient (Wildman–Crippen LogP) is 9.42. The van der Waals surface area contributed by atoms with Gasteiger partial charge >= 0.3 is 5.69 Å². The molecule has 0 aliphatic carbocycles. The molecule has 4 aromatic heterocycles. The number of H-pyrrole nitrogens is 1. The number of aromatic nitrogens is 7. The molecule has 2 aliphatic heterocycles. The van der Waals surface area contributed by atoms with Crippen molar-refractivity contribution in [1.29, 1.82) is 0 Å². The number of hydrogen-bond acceptors (Lipinski definition) is 11. The lowest BCUT2D eigenvalue weighted by Crippen LogP contribution is -2.42. The number of nitrogens with zero attached hydrogens (tertiary/aromatic N) is 8. The Morgan fingerprint density at radius 1 is 0.609 bits per heavy atom. The average Bonchev–Trinajstić information content (AvgIpc) is 2.18. The first kappa shape index (κ1) is 60.0. The van der Waals surface area contributed by atoms with E-state index in [-0.39, 0.29) is 53.4 Å². The Hall–Kier alpha value is -8.68. The molecule has 4 atom stereocenters. The number of methoxy groups -OCH3 is 3. The summed E-state index contributed by atoms with van der Waals surface area (Å²) >= 11 is 0. The third-order valence-electron chi connectivity index (χ3n) is 17.1. The quantitative estimate of drug-likeness (QED) is 0.0576. The summed E-state index contributed by atoms with van der Waals surface area (Å²) in [5, 5.41) is 1.62. The summed E-state index contributed by atoms with van der Waals surface area (Å²) in [6.45, 7) is 5.87. The molecule has 2 fully saturated rings. The number of likely N-dealkylation sites (tertiary alicyclic amines) is 2. The third-order valence-corrected chi connectivity index (χ3v) is 17.1. The van der Waals surface area contributed by atoms with Crippen LogP contribution >= 0.6 is 0 Å². The number of piperidine rings is 2. The van der Waals surface area contributed by atoms with Crippen molar-refractivity contribution < 1.29 is 23.8 Å². The number of fused-ring (bicyclic) bond motifs is 4. The van der Waals surface area contributed by atoms with Crippen molar-refractivity contribution in [3.05, 3.63) is 195 Å². The fraction of sp³-hybridized carbons (Fsp3) is 0.362. The minimum Gasteiger partial charge on any atom is -0.497 e. The lowest BCUT2D eigenvalue weighted by molar-refractivity contribution is -0.133. The van der Waals surface area contributed by atoms with Gasteiger partial charge in [-0.15, -0.1) is 0 Å². The summed E-state index contributed by atoms with van der Waals surface area (Å²) in [7, 11) is 5.06. The van der Waals surface area contributed by atoms with E-state index in [4.69, 9.17) is 35.6 Å². The number of rotatable bonds is 21. The topological polar surface area (TPSA) is 216 Å². The van der Waals surface area contributed by atoms with Crippen molar-refractivity contribution in [2.75, 3.05) is 60.7 Å². The Kier molecular flexibility index (Phi) is 19.2. The first-order chi connectivity index (χ1) is 42.5. The maximum Gasteiger partial charge on any atom is 0.331 e. The Balaban J connectivity index is 0.000000180. The molecule has 0 saturated carbocycles. The molecule has 4 unspecified atom stereocenters. The van der Waals surface area contributed by atoms with Gasteiger partial charge < -0.3 is 49.6 Å². The zero-order valence-electron chi connectivity index (χ0n) is 50.1. The molecular weight excluding hydrogens is 1090 g/mol. The number of pyridine rings is 1. The SMILES string of the molecule is COCCCn1c(C2CCCN(C(=O)CC(N)Cc3ccc(-n4c(=O)[nH]c5ccc(OC)cc54)cc3)C2)nc2ccccc21.COCCCn1c(C2CCCN(C(=O)CC(N)Cc3ccc(-n4ccc5ccccc5c4=O)cc3)C2)nc2ccccc21. The van der Waals surface area contributed by atoms with E-state index in [1.54, 1.807) is 30.5 Å². The van der Waals surface area contributed by atoms with Crippen LogP contribution in [-0.4, -0.2) is 128 Å². The first-order valence-electron chi connectivity index (χ1n) is 30.5. The molecule has 6 aromatic carbocycles. The van der Waals surface area contributed by atoms with Crippen LogP contribution in [0.1, 0.15) is 86.0 Å². The monoisotopic (exact) mass is 1170 g/mol. The van der Waals surface area contributed by atoms with E-state index >= 15 is 0 Å². The molecule has 2 saturated heterocycles. The van der Waals surface area contributed by atoms with Crippen LogP contribution in [0.15, 0.2) is 161 Å². The van der Waals surface area contributed by atoms with Crippen molar-refractivity contribution in [2.24, 2.45) is 11.5 Å². The summed E-state index contributed by atoms with van der Waals surface area (Å²) < 4.78 is 23.9. The van der Waals surface area contributed by atoms with Crippen molar-refractivity contribution in [1.82, 2.24) is 43.0 Å². The van der Waals surface area contributed by atoms with Gasteiger partial charge in [-0.2, -0.15) is 0 Å². The predicted molar refractivity (Wildman–Crippen MR) is 342 cm³/mol. The van der Waals surface area contributed by atoms with Crippen LogP contribution in [0.4, 0.5) is 0 Å². The number of nitrogens with one attached hydrogen (secondary N) is 1. The molecule has 10 aromatic rings. The van der Waals surface area contributed by atoms with E-state index in [1.165, 1.54) is 0 Å². The molecule has 0 bridgehead atoms. The minimum atomic E-state index is -0.313. The molecule has 18 heteroatoms. The van der Waals surface area contributed by atoms with E-state index in [0.717, 1.165) is 137 Å². The Bertz CT molecular complexity index is 4110. The van der Waals surface area contributed by atoms with Crippen LogP contribution in [0.2, 0.25) is 0 Å². The van der Waals surface area contributed by atoms with Crippen LogP contribution in [-0.2, 0) is 45.0 Å². The fourth-order valence-corrected chi connectivity index (χ4v) is 12.7. The van der Waals surface area contributed by atoms with Crippen molar-refractivity contribution >= 4 is 55.7 Å². The largest absolute Gasteiger partial charge is 0.497 e. The lowest BCUT2D eigenvalue weighted by Gasteiger charge is -2.33. The van der Waals surface area contributed by atoms with Crippen LogP contribution in [0, 0.1) is 0 Å². The summed E-state index contributed by atoms with van der Waals surface area (Å²) in [6, 6.07) is 46.5. The molecule has 87 heavy (non-hydrogen) atoms. The molecule has 12 rings (SSSR count). The highest BCUT2D eigenvalue weighted by Gasteiger charge is 2.31. The van der Waals surface area contributed by atoms with Gasteiger partial charge in [0.2, 0.25) is 11.8 Å². The summed E-state index contributed by atoms with van der Waals surface area (Å²) in [4.78, 5) is 69.4. The van der Waals surface area contributed by atoms with Gasteiger partial charge in [0, 0.05) is 127 Å². The fourth-order valence-electron chi connectivity index (χ4n) is 12.7. The number of nitrogens with two attached hydrogens (primary N) is 2. The zero-order chi connectivity index (χ0) is 60.4. The summed E-state index contributed by atoms with van der Waals surface area (Å²) in [5.41, 5.74) is 22.1. The molecule has 6 heterocycles. The normalized spacial score (nSPS) is 16.1. The number of aromatic amines is 1. The maximum absolute atomic E-state index is 13.4. The molecule has 0 spiro atoms. The van der Waals surface area contributed by atoms with E-state index < -0.39 is 0 Å². The van der Waals surface area contributed by atoms with Gasteiger partial charge in [0.25, 0.3) is 5.56 Å². The van der Waals surface area contributed by atoms with Gasteiger partial charge in [0.15, 0.2) is 0 Å². The van der Waals surface area contributed by atoms with Crippen LogP contribution in [0.25, 0.3) is 55.2 Å². The van der Waals surface area contributed by atoms with Gasteiger partial charge in [0.1, 0.15) is 17.4 Å². The Morgan fingerprint density at radius 2 is 1.13 bits per heavy atom. The number of aryl methyl sites for hydroxylation is 2. The molecule has 18 nitrogen and oxygen atoms in total. The molecular formula is C69H79N11O7. The average molecular weight is 1170 g/mol. The molecule has 2 amide bonds. The standard InChI is InChI=1S/C35H39N5O3.C34H40N6O4/c1-43-21-7-19-40-32-12-5-4-11-31(32)37-34(40)27-9-6-18-38(24-27)33(41)23-28(36)22-25-13-15-29(16-14-25)39-20-17-26-8-2-3-10-30(26)35(39)42;1-43-18-6-17-39-30-9-4-3-8-28(30)36-33(39)24-7-5-16-38(22-24)32(41)20-25(35)19-23-10-12-26(13-11-23)40-31-21-27(44-2)14-15-29(31)37-34(40)42/h2-5,8,10-17,20,27-28H,6-7,9,18-19,21-24,36H2,1H3;3-4,8-15,21,24-25H,5-7,16-20,22,35H2,1-2H3,(H,37,42). The summed E-state index contributed by atoms with van der Waals surface area (Å²) in [6.07, 6.45) is 9.25. The number of amides is 2. The number of ether oxygens (including phenoxy) is 3. The smallest absolute Gasteiger partial charge is 0.331 e. The first-order valence-corrected chi connectivity index (χ1v) is 30.5. The van der Waals surface area contributed by atoms with Crippen molar-refractivity contribution in [3.8, 4) is 17.1 Å². The second-order valence-electron chi connectivity index (χ2n) is 23.2. The van der Waals surface area contributed by atoms with Crippen molar-refractivity contribution in [2.45, 2.75) is 101 Å². The highest BCUT2D eigenvalue weighted by molar-refractivity contribution is 5.82. The van der Waals surface area contributed by atoms with Crippen molar-refractivity contribution in [3.63, 3.8) is 0 Å². The number of imidazole rings is 3. The maximum atomic E-state index is 13.4. The number of benzene rings is 6. The van der Waals surface area contributed by atoms with Crippen LogP contribution in [0.5, 0.6) is 5.75 Å². The zero-order valence-corrected chi connectivity index (χ0v) is 50.1. The van der Waals surface area contributed by atoms with E-state index in [2.05, 4.69) is 44.5 Å². The molecule has 0 radical (unpaired) electrons. The minimum absolute atomic E-state index is 0.0430. The van der Waals surface area contributed by atoms with E-state index in [1.807, 2.05) is 131 Å². The van der Waals surface area contributed by atoms with Gasteiger partial charge in [0.05, 0.1) is 45.9 Å². The second kappa shape index (κ2) is 27.8. The number of carbonyl (C=O) groups excluding carboxylic acids is 2. The highest BCUT2D eigenvalue weighted by Crippen LogP contribution is 2.33. The molecule has 5 N–H and O–H groups in total. The highest BCUT2D eigenvalue weighted by atomic mass is 16.5. The lowest BCUT2D eigenvalue weighted by atomic mass is 9.96. The summed E-state index contributed by atoms with van der Waals surface area (Å²) in [5.74, 6) is 3.34. The number of para-hydroxylation sites is 4. The second-order valence-corrected chi connectivity index (χ2v) is 23.2. The third kappa shape index (κ3) is 13.8. The Morgan fingerprint density at radius 3 is 1.67 bits per heavy atom. The van der Waals surface area contributed by atoms with Gasteiger partial charge in [-0.25, -0.2) is 14.8 Å². The van der Waals surface area contributed by atoms with Crippen LogP contribution in [0.3, 0.4) is 0 Å². The Labute approximate surface area is 506 Å². The number of hydrogen-bond donors (Lipinski definition) is 3. The van der Waals surface area contributed by atoms with Crippen LogP contribution < -0.4 is 27.5 Å². The van der Waals surface area contributed by atoms with Gasteiger partial charge in [-0.3, -0.25) is 23.5 Å². The molecule has 2 aliphatic rings.